The minimum Gasteiger partial charge on any atom is -0.387 e. The van der Waals surface area contributed by atoms with Crippen molar-refractivity contribution in [2.45, 2.75) is 31.3 Å². The number of aliphatic hydroxyl groups is 1. The van der Waals surface area contributed by atoms with Gasteiger partial charge in [0.2, 0.25) is 0 Å². The molecule has 2 atom stereocenters. The average molecular weight is 318 g/mol. The molecule has 1 aromatic heterocycles. The van der Waals surface area contributed by atoms with E-state index in [1.807, 2.05) is 31.1 Å². The molecule has 3 rings (SSSR count). The first-order chi connectivity index (χ1) is 11.0. The molecule has 0 spiro atoms. The molecule has 1 heterocycles. The highest BCUT2D eigenvalue weighted by Gasteiger charge is 2.27. The molecule has 1 N–H and O–H groups in total. The standard InChI is InChI=1S/C18H20F2N2O/c1-22(2)16-9-7-12-10-11(6-8-15(23)18(12)21-16)13-4-3-5-14(19)17(13)20/h3-5,7,9,11,15,23H,6,8,10H2,1-2H3/t11-,15-/m1/s1. The summed E-state index contributed by atoms with van der Waals surface area (Å²) in [6.07, 6.45) is 0.951. The third kappa shape index (κ3) is 3.06. The first-order valence-corrected chi connectivity index (χ1v) is 7.76. The molecule has 0 saturated heterocycles. The lowest BCUT2D eigenvalue weighted by Crippen LogP contribution is -2.13. The second kappa shape index (κ2) is 6.24. The van der Waals surface area contributed by atoms with Crippen LogP contribution in [0, 0.1) is 11.6 Å². The van der Waals surface area contributed by atoms with Crippen LogP contribution in [-0.4, -0.2) is 24.2 Å². The number of aromatic nitrogens is 1. The summed E-state index contributed by atoms with van der Waals surface area (Å²) < 4.78 is 27.6. The van der Waals surface area contributed by atoms with E-state index in [-0.39, 0.29) is 5.92 Å². The van der Waals surface area contributed by atoms with E-state index in [9.17, 15) is 13.9 Å². The number of halogens is 2. The number of hydrogen-bond acceptors (Lipinski definition) is 3. The van der Waals surface area contributed by atoms with Crippen LogP contribution in [0.3, 0.4) is 0 Å². The van der Waals surface area contributed by atoms with Gasteiger partial charge in [-0.1, -0.05) is 18.2 Å². The largest absolute Gasteiger partial charge is 0.387 e. The summed E-state index contributed by atoms with van der Waals surface area (Å²) in [6.45, 7) is 0. The molecule has 23 heavy (non-hydrogen) atoms. The van der Waals surface area contributed by atoms with E-state index in [0.717, 1.165) is 17.4 Å². The van der Waals surface area contributed by atoms with Crippen molar-refractivity contribution in [2.75, 3.05) is 19.0 Å². The van der Waals surface area contributed by atoms with Crippen LogP contribution in [0.15, 0.2) is 30.3 Å². The van der Waals surface area contributed by atoms with Crippen LogP contribution in [0.25, 0.3) is 0 Å². The lowest BCUT2D eigenvalue weighted by Gasteiger charge is -2.17. The van der Waals surface area contributed by atoms with E-state index in [4.69, 9.17) is 0 Å². The van der Waals surface area contributed by atoms with Gasteiger partial charge in [0.15, 0.2) is 11.6 Å². The molecule has 2 aromatic rings. The van der Waals surface area contributed by atoms with E-state index in [1.165, 1.54) is 6.07 Å². The van der Waals surface area contributed by atoms with Crippen LogP contribution in [0.2, 0.25) is 0 Å². The molecule has 0 aliphatic heterocycles. The molecule has 1 aliphatic rings. The lowest BCUT2D eigenvalue weighted by molar-refractivity contribution is 0.160. The summed E-state index contributed by atoms with van der Waals surface area (Å²) in [5.41, 5.74) is 1.92. The van der Waals surface area contributed by atoms with Gasteiger partial charge in [0.1, 0.15) is 5.82 Å². The minimum atomic E-state index is -0.825. The highest BCUT2D eigenvalue weighted by Crippen LogP contribution is 2.37. The molecule has 0 radical (unpaired) electrons. The van der Waals surface area contributed by atoms with Gasteiger partial charge < -0.3 is 10.0 Å². The average Bonchev–Trinajstić information content (AvgIpc) is 2.69. The summed E-state index contributed by atoms with van der Waals surface area (Å²) in [5, 5.41) is 10.4. The highest BCUT2D eigenvalue weighted by atomic mass is 19.2. The van der Waals surface area contributed by atoms with Crippen molar-refractivity contribution in [2.24, 2.45) is 0 Å². The summed E-state index contributed by atoms with van der Waals surface area (Å²) in [5.74, 6) is -0.992. The number of benzene rings is 1. The van der Waals surface area contributed by atoms with Gasteiger partial charge >= 0.3 is 0 Å². The molecule has 0 amide bonds. The molecule has 0 fully saturated rings. The maximum atomic E-state index is 14.1. The Hall–Kier alpha value is -2.01. The number of hydrogen-bond donors (Lipinski definition) is 1. The Morgan fingerprint density at radius 3 is 2.65 bits per heavy atom. The van der Waals surface area contributed by atoms with Gasteiger partial charge in [0.05, 0.1) is 11.8 Å². The Kier molecular flexibility index (Phi) is 4.31. The number of nitrogens with zero attached hydrogens (tertiary/aromatic N) is 2. The molecule has 1 aromatic carbocycles. The lowest BCUT2D eigenvalue weighted by atomic mass is 9.90. The zero-order chi connectivity index (χ0) is 16.6. The quantitative estimate of drug-likeness (QED) is 0.860. The maximum absolute atomic E-state index is 14.1. The Morgan fingerprint density at radius 2 is 1.91 bits per heavy atom. The SMILES string of the molecule is CN(C)c1ccc2c(n1)[C@H](O)CC[C@@H](c1cccc(F)c1F)C2. The van der Waals surface area contributed by atoms with Crippen molar-refractivity contribution in [1.82, 2.24) is 4.98 Å². The molecular formula is C18H20F2N2O. The Morgan fingerprint density at radius 1 is 1.13 bits per heavy atom. The van der Waals surface area contributed by atoms with Crippen molar-refractivity contribution in [1.29, 1.82) is 0 Å². The molecular weight excluding hydrogens is 298 g/mol. The Balaban J connectivity index is 1.98. The molecule has 5 heteroatoms. The van der Waals surface area contributed by atoms with Crippen LogP contribution >= 0.6 is 0 Å². The number of rotatable bonds is 2. The van der Waals surface area contributed by atoms with Gasteiger partial charge in [0, 0.05) is 14.1 Å². The van der Waals surface area contributed by atoms with Gasteiger partial charge in [-0.25, -0.2) is 13.8 Å². The second-order valence-electron chi connectivity index (χ2n) is 6.25. The van der Waals surface area contributed by atoms with Crippen molar-refractivity contribution in [3.8, 4) is 0 Å². The van der Waals surface area contributed by atoms with E-state index in [0.29, 0.717) is 30.5 Å². The summed E-state index contributed by atoms with van der Waals surface area (Å²) in [6, 6.07) is 8.10. The topological polar surface area (TPSA) is 36.4 Å². The van der Waals surface area contributed by atoms with Crippen LogP contribution in [0.1, 0.15) is 41.7 Å². The predicted octanol–water partition coefficient (Wildman–Crippen LogP) is 3.58. The van der Waals surface area contributed by atoms with Crippen LogP contribution in [0.5, 0.6) is 0 Å². The Labute approximate surface area is 134 Å². The van der Waals surface area contributed by atoms with Crippen molar-refractivity contribution >= 4 is 5.82 Å². The third-order valence-corrected chi connectivity index (χ3v) is 4.45. The molecule has 3 nitrogen and oxygen atoms in total. The van der Waals surface area contributed by atoms with Crippen LogP contribution in [-0.2, 0) is 6.42 Å². The molecule has 0 unspecified atom stereocenters. The molecule has 0 bridgehead atoms. The first kappa shape index (κ1) is 15.9. The fourth-order valence-electron chi connectivity index (χ4n) is 3.17. The normalized spacial score (nSPS) is 20.7. The summed E-state index contributed by atoms with van der Waals surface area (Å²) in [4.78, 5) is 6.41. The van der Waals surface area contributed by atoms with Crippen molar-refractivity contribution in [3.05, 3.63) is 58.8 Å². The van der Waals surface area contributed by atoms with E-state index >= 15 is 0 Å². The predicted molar refractivity (Wildman–Crippen MR) is 85.6 cm³/mol. The monoisotopic (exact) mass is 318 g/mol. The molecule has 1 aliphatic carbocycles. The maximum Gasteiger partial charge on any atom is 0.162 e. The zero-order valence-corrected chi connectivity index (χ0v) is 13.3. The number of anilines is 1. The van der Waals surface area contributed by atoms with E-state index in [1.54, 1.807) is 6.07 Å². The van der Waals surface area contributed by atoms with Crippen LogP contribution < -0.4 is 4.90 Å². The number of fused-ring (bicyclic) bond motifs is 1. The smallest absolute Gasteiger partial charge is 0.162 e. The van der Waals surface area contributed by atoms with Crippen LogP contribution in [0.4, 0.5) is 14.6 Å². The minimum absolute atomic E-state index is 0.159. The summed E-state index contributed by atoms with van der Waals surface area (Å²) >= 11 is 0. The van der Waals surface area contributed by atoms with Crippen molar-refractivity contribution < 1.29 is 13.9 Å². The molecule has 122 valence electrons. The Bertz CT molecular complexity index is 718. The van der Waals surface area contributed by atoms with Gasteiger partial charge in [-0.15, -0.1) is 0 Å². The van der Waals surface area contributed by atoms with Gasteiger partial charge in [0.25, 0.3) is 0 Å². The van der Waals surface area contributed by atoms with Crippen molar-refractivity contribution in [3.63, 3.8) is 0 Å². The fourth-order valence-corrected chi connectivity index (χ4v) is 3.17. The number of pyridine rings is 1. The molecule has 0 saturated carbocycles. The van der Waals surface area contributed by atoms with E-state index < -0.39 is 17.7 Å². The first-order valence-electron chi connectivity index (χ1n) is 7.76. The highest BCUT2D eigenvalue weighted by molar-refractivity contribution is 5.42. The van der Waals surface area contributed by atoms with Gasteiger partial charge in [-0.2, -0.15) is 0 Å². The number of aliphatic hydroxyl groups excluding tert-OH is 1. The van der Waals surface area contributed by atoms with Gasteiger partial charge in [-0.3, -0.25) is 0 Å². The van der Waals surface area contributed by atoms with E-state index in [2.05, 4.69) is 4.98 Å². The summed E-state index contributed by atoms with van der Waals surface area (Å²) in [7, 11) is 3.78. The fraction of sp³-hybridized carbons (Fsp3) is 0.389. The van der Waals surface area contributed by atoms with Gasteiger partial charge in [-0.05, 0) is 48.4 Å². The third-order valence-electron chi connectivity index (χ3n) is 4.45. The zero-order valence-electron chi connectivity index (χ0n) is 13.3. The second-order valence-corrected chi connectivity index (χ2v) is 6.25.